The van der Waals surface area contributed by atoms with E-state index < -0.39 is 0 Å². The molecule has 0 amide bonds. The van der Waals surface area contributed by atoms with Crippen LogP contribution in [0.3, 0.4) is 0 Å². The molecule has 0 aliphatic rings. The first kappa shape index (κ1) is 13.8. The minimum Gasteiger partial charge on any atom is -0.494 e. The Morgan fingerprint density at radius 3 is 2.41 bits per heavy atom. The Labute approximate surface area is 104 Å². The van der Waals surface area contributed by atoms with Gasteiger partial charge in [-0.15, -0.1) is 0 Å². The predicted octanol–water partition coefficient (Wildman–Crippen LogP) is 3.92. The van der Waals surface area contributed by atoms with Crippen LogP contribution in [-0.2, 0) is 4.74 Å². The Balaban J connectivity index is 2.21. The summed E-state index contributed by atoms with van der Waals surface area (Å²) in [6.07, 6.45) is 2.01. The fraction of sp³-hybridized carbons (Fsp3) is 0.467. The van der Waals surface area contributed by atoms with Crippen LogP contribution in [0.15, 0.2) is 30.8 Å². The molecule has 0 bridgehead atoms. The van der Waals surface area contributed by atoms with Crippen molar-refractivity contribution in [2.45, 2.75) is 26.7 Å². The van der Waals surface area contributed by atoms with Gasteiger partial charge in [-0.1, -0.05) is 31.2 Å². The summed E-state index contributed by atoms with van der Waals surface area (Å²) in [5.74, 6) is 0.908. The van der Waals surface area contributed by atoms with Crippen molar-refractivity contribution in [2.24, 2.45) is 0 Å². The summed E-state index contributed by atoms with van der Waals surface area (Å²) >= 11 is 0. The Hall–Kier alpha value is -1.28. The van der Waals surface area contributed by atoms with Gasteiger partial charge in [-0.05, 0) is 31.0 Å². The molecule has 0 N–H and O–H groups in total. The van der Waals surface area contributed by atoms with Crippen molar-refractivity contribution < 1.29 is 9.47 Å². The van der Waals surface area contributed by atoms with Crippen LogP contribution >= 0.6 is 0 Å². The maximum Gasteiger partial charge on any atom is 0.119 e. The van der Waals surface area contributed by atoms with Crippen molar-refractivity contribution in [3.05, 3.63) is 36.4 Å². The van der Waals surface area contributed by atoms with Crippen LogP contribution in [0, 0.1) is 0 Å². The summed E-state index contributed by atoms with van der Waals surface area (Å²) in [7, 11) is 0. The molecule has 0 fully saturated rings. The number of ether oxygens (including phenoxy) is 2. The van der Waals surface area contributed by atoms with Gasteiger partial charge in [0.05, 0.1) is 6.61 Å². The fourth-order valence-electron chi connectivity index (χ4n) is 1.43. The summed E-state index contributed by atoms with van der Waals surface area (Å²) in [4.78, 5) is 0. The van der Waals surface area contributed by atoms with Crippen LogP contribution in [0.25, 0.3) is 5.57 Å². The van der Waals surface area contributed by atoms with Gasteiger partial charge in [-0.2, -0.15) is 0 Å². The molecule has 0 atom stereocenters. The lowest BCUT2D eigenvalue weighted by atomic mass is 10.1. The van der Waals surface area contributed by atoms with Crippen molar-refractivity contribution in [1.82, 2.24) is 0 Å². The van der Waals surface area contributed by atoms with Crippen LogP contribution in [0.1, 0.15) is 32.3 Å². The van der Waals surface area contributed by atoms with Gasteiger partial charge in [0.25, 0.3) is 0 Å². The fourth-order valence-corrected chi connectivity index (χ4v) is 1.43. The lowest BCUT2D eigenvalue weighted by molar-refractivity contribution is 0.120. The molecule has 2 nitrogen and oxygen atoms in total. The molecule has 0 radical (unpaired) electrons. The van der Waals surface area contributed by atoms with Gasteiger partial charge in [0.1, 0.15) is 5.75 Å². The van der Waals surface area contributed by atoms with E-state index in [0.29, 0.717) is 6.61 Å². The summed E-state index contributed by atoms with van der Waals surface area (Å²) in [5, 5.41) is 0. The highest BCUT2D eigenvalue weighted by Crippen LogP contribution is 2.17. The second-order valence-electron chi connectivity index (χ2n) is 4.12. The van der Waals surface area contributed by atoms with Gasteiger partial charge in [0.15, 0.2) is 0 Å². The van der Waals surface area contributed by atoms with Crippen molar-refractivity contribution >= 4 is 5.57 Å². The van der Waals surface area contributed by atoms with E-state index in [1.807, 2.05) is 31.2 Å². The SMILES string of the molecule is C=C(C)c1ccc(OCCCOCCC)cc1. The molecule has 1 aromatic carbocycles. The third-order valence-corrected chi connectivity index (χ3v) is 2.40. The quantitative estimate of drug-likeness (QED) is 0.635. The standard InChI is InChI=1S/C15H22O2/c1-4-10-16-11-5-12-17-15-8-6-14(7-9-15)13(2)3/h6-9H,2,4-5,10-12H2,1,3H3. The first-order valence-electron chi connectivity index (χ1n) is 6.20. The van der Waals surface area contributed by atoms with Gasteiger partial charge in [0.2, 0.25) is 0 Å². The maximum atomic E-state index is 5.61. The molecule has 0 aliphatic heterocycles. The monoisotopic (exact) mass is 234 g/mol. The number of rotatable bonds is 8. The third-order valence-electron chi connectivity index (χ3n) is 2.40. The number of allylic oxidation sites excluding steroid dienone is 1. The Morgan fingerprint density at radius 2 is 1.82 bits per heavy atom. The van der Waals surface area contributed by atoms with E-state index in [2.05, 4.69) is 13.5 Å². The topological polar surface area (TPSA) is 18.5 Å². The van der Waals surface area contributed by atoms with Crippen molar-refractivity contribution in [3.63, 3.8) is 0 Å². The molecule has 2 heteroatoms. The number of hydrogen-bond donors (Lipinski definition) is 0. The molecule has 0 saturated heterocycles. The normalized spacial score (nSPS) is 10.2. The molecule has 0 saturated carbocycles. The average Bonchev–Trinajstić information content (AvgIpc) is 2.34. The minimum absolute atomic E-state index is 0.704. The largest absolute Gasteiger partial charge is 0.494 e. The Kier molecular flexibility index (Phi) is 6.41. The molecule has 0 spiro atoms. The van der Waals surface area contributed by atoms with Crippen molar-refractivity contribution in [2.75, 3.05) is 19.8 Å². The molecule has 1 rings (SSSR count). The van der Waals surface area contributed by atoms with E-state index in [4.69, 9.17) is 9.47 Å². The van der Waals surface area contributed by atoms with Crippen LogP contribution in [0.2, 0.25) is 0 Å². The molecule has 17 heavy (non-hydrogen) atoms. The molecule has 1 aromatic rings. The lowest BCUT2D eigenvalue weighted by Crippen LogP contribution is -2.03. The average molecular weight is 234 g/mol. The van der Waals surface area contributed by atoms with Crippen molar-refractivity contribution in [3.8, 4) is 5.75 Å². The molecule has 0 heterocycles. The molecule has 0 aliphatic carbocycles. The minimum atomic E-state index is 0.704. The zero-order valence-electron chi connectivity index (χ0n) is 10.9. The van der Waals surface area contributed by atoms with E-state index in [1.165, 1.54) is 0 Å². The highest BCUT2D eigenvalue weighted by atomic mass is 16.5. The molecular formula is C15H22O2. The summed E-state index contributed by atoms with van der Waals surface area (Å²) in [6.45, 7) is 10.3. The maximum absolute atomic E-state index is 5.61. The van der Waals surface area contributed by atoms with E-state index in [-0.39, 0.29) is 0 Å². The Bertz CT molecular complexity index is 327. The second-order valence-corrected chi connectivity index (χ2v) is 4.12. The van der Waals surface area contributed by atoms with Crippen LogP contribution in [0.5, 0.6) is 5.75 Å². The van der Waals surface area contributed by atoms with Gasteiger partial charge in [-0.3, -0.25) is 0 Å². The third kappa shape index (κ3) is 5.55. The number of hydrogen-bond acceptors (Lipinski definition) is 2. The van der Waals surface area contributed by atoms with Crippen molar-refractivity contribution in [1.29, 1.82) is 0 Å². The van der Waals surface area contributed by atoms with Gasteiger partial charge >= 0.3 is 0 Å². The zero-order valence-corrected chi connectivity index (χ0v) is 10.9. The first-order chi connectivity index (χ1) is 8.24. The van der Waals surface area contributed by atoms with Crippen LogP contribution < -0.4 is 4.74 Å². The highest BCUT2D eigenvalue weighted by Gasteiger charge is 1.96. The molecule has 0 unspecified atom stereocenters. The van der Waals surface area contributed by atoms with E-state index in [1.54, 1.807) is 0 Å². The van der Waals surface area contributed by atoms with E-state index in [0.717, 1.165) is 42.9 Å². The van der Waals surface area contributed by atoms with E-state index >= 15 is 0 Å². The smallest absolute Gasteiger partial charge is 0.119 e. The number of benzene rings is 1. The van der Waals surface area contributed by atoms with E-state index in [9.17, 15) is 0 Å². The zero-order chi connectivity index (χ0) is 12.5. The Morgan fingerprint density at radius 1 is 1.12 bits per heavy atom. The highest BCUT2D eigenvalue weighted by molar-refractivity contribution is 5.61. The second kappa shape index (κ2) is 7.91. The first-order valence-corrected chi connectivity index (χ1v) is 6.20. The van der Waals surface area contributed by atoms with Crippen LogP contribution in [-0.4, -0.2) is 19.8 Å². The molecular weight excluding hydrogens is 212 g/mol. The summed E-state index contributed by atoms with van der Waals surface area (Å²) in [5.41, 5.74) is 2.23. The molecule has 0 aromatic heterocycles. The predicted molar refractivity (Wildman–Crippen MR) is 72.4 cm³/mol. The van der Waals surface area contributed by atoms with Crippen LogP contribution in [0.4, 0.5) is 0 Å². The van der Waals surface area contributed by atoms with Gasteiger partial charge in [-0.25, -0.2) is 0 Å². The summed E-state index contributed by atoms with van der Waals surface area (Å²) in [6, 6.07) is 8.03. The van der Waals surface area contributed by atoms with Gasteiger partial charge in [0, 0.05) is 19.6 Å². The lowest BCUT2D eigenvalue weighted by Gasteiger charge is -2.07. The van der Waals surface area contributed by atoms with Gasteiger partial charge < -0.3 is 9.47 Å². The summed E-state index contributed by atoms with van der Waals surface area (Å²) < 4.78 is 11.0. The molecule has 94 valence electrons.